The fraction of sp³-hybridized carbons (Fsp3) is 0.333. The summed E-state index contributed by atoms with van der Waals surface area (Å²) in [6, 6.07) is 5.09. The average molecular weight is 276 g/mol. The molecule has 0 fully saturated rings. The monoisotopic (exact) mass is 276 g/mol. The third kappa shape index (κ3) is 5.56. The predicted molar refractivity (Wildman–Crippen MR) is 79.8 cm³/mol. The second-order valence-corrected chi connectivity index (χ2v) is 4.48. The van der Waals surface area contributed by atoms with Crippen molar-refractivity contribution in [2.24, 2.45) is 0 Å². The topological polar surface area (TPSA) is 78.4 Å². The number of aliphatic carboxylic acids is 1. The van der Waals surface area contributed by atoms with Crippen LogP contribution in [-0.2, 0) is 4.79 Å². The molecular formula is C15H20N2O3. The Hall–Kier alpha value is -2.30. The largest absolute Gasteiger partial charge is 0.478 e. The second-order valence-electron chi connectivity index (χ2n) is 4.48. The molecule has 0 aromatic heterocycles. The summed E-state index contributed by atoms with van der Waals surface area (Å²) in [5.74, 6) is -0.984. The summed E-state index contributed by atoms with van der Waals surface area (Å²) in [6.45, 7) is 4.58. The number of anilines is 1. The maximum absolute atomic E-state index is 11.6. The third-order valence-corrected chi connectivity index (χ3v) is 2.75. The van der Waals surface area contributed by atoms with Gasteiger partial charge in [-0.2, -0.15) is 0 Å². The van der Waals surface area contributed by atoms with E-state index in [9.17, 15) is 9.59 Å². The molecular weight excluding hydrogens is 256 g/mol. The smallest absolute Gasteiger partial charge is 0.328 e. The van der Waals surface area contributed by atoms with Gasteiger partial charge in [-0.05, 0) is 42.7 Å². The lowest BCUT2D eigenvalue weighted by molar-refractivity contribution is -0.131. The number of carbonyl (C=O) groups is 2. The quantitative estimate of drug-likeness (QED) is 0.552. The van der Waals surface area contributed by atoms with Crippen molar-refractivity contribution in [3.8, 4) is 0 Å². The number of benzene rings is 1. The van der Waals surface area contributed by atoms with Gasteiger partial charge in [0.1, 0.15) is 0 Å². The number of rotatable bonds is 6. The Labute approximate surface area is 118 Å². The van der Waals surface area contributed by atoms with Crippen LogP contribution in [0.3, 0.4) is 0 Å². The van der Waals surface area contributed by atoms with Crippen LogP contribution in [-0.4, -0.2) is 23.7 Å². The summed E-state index contributed by atoms with van der Waals surface area (Å²) in [5, 5.41) is 14.1. The molecule has 0 spiro atoms. The summed E-state index contributed by atoms with van der Waals surface area (Å²) < 4.78 is 0. The van der Waals surface area contributed by atoms with E-state index in [1.807, 2.05) is 6.92 Å². The Morgan fingerprint density at radius 1 is 1.35 bits per heavy atom. The maximum atomic E-state index is 11.6. The molecule has 5 nitrogen and oxygen atoms in total. The van der Waals surface area contributed by atoms with E-state index in [-0.39, 0.29) is 6.03 Å². The van der Waals surface area contributed by atoms with E-state index in [1.54, 1.807) is 18.2 Å². The molecule has 20 heavy (non-hydrogen) atoms. The molecule has 2 amide bonds. The summed E-state index contributed by atoms with van der Waals surface area (Å²) in [6.07, 6.45) is 4.60. The Balaban J connectivity index is 2.63. The number of urea groups is 1. The Morgan fingerprint density at radius 2 is 2.10 bits per heavy atom. The zero-order chi connectivity index (χ0) is 15.0. The van der Waals surface area contributed by atoms with Crippen LogP contribution in [0, 0.1) is 6.92 Å². The van der Waals surface area contributed by atoms with Gasteiger partial charge in [-0.25, -0.2) is 9.59 Å². The summed E-state index contributed by atoms with van der Waals surface area (Å²) >= 11 is 0. The highest BCUT2D eigenvalue weighted by Gasteiger charge is 2.02. The lowest BCUT2D eigenvalue weighted by Gasteiger charge is -2.09. The molecule has 0 bridgehead atoms. The molecule has 0 heterocycles. The standard InChI is InChI=1S/C15H20N2O3/c1-3-4-9-16-15(20)17-13-7-5-12(11(2)10-13)6-8-14(18)19/h5-8,10H,3-4,9H2,1-2H3,(H,18,19)(H2,16,17,20). The van der Waals surface area contributed by atoms with Gasteiger partial charge in [-0.1, -0.05) is 19.4 Å². The van der Waals surface area contributed by atoms with Gasteiger partial charge in [0.15, 0.2) is 0 Å². The number of amides is 2. The molecule has 1 rings (SSSR count). The molecule has 0 saturated heterocycles. The van der Waals surface area contributed by atoms with Crippen LogP contribution in [0.15, 0.2) is 24.3 Å². The first-order valence-corrected chi connectivity index (χ1v) is 6.59. The van der Waals surface area contributed by atoms with E-state index in [0.29, 0.717) is 12.2 Å². The van der Waals surface area contributed by atoms with E-state index in [2.05, 4.69) is 17.6 Å². The Kier molecular flexibility index (Phi) is 6.29. The molecule has 0 saturated carbocycles. The molecule has 1 aromatic rings. The SMILES string of the molecule is CCCCNC(=O)Nc1ccc(C=CC(=O)O)c(C)c1. The highest BCUT2D eigenvalue weighted by molar-refractivity contribution is 5.90. The van der Waals surface area contributed by atoms with Crippen LogP contribution in [0.5, 0.6) is 0 Å². The van der Waals surface area contributed by atoms with Crippen molar-refractivity contribution in [1.29, 1.82) is 0 Å². The van der Waals surface area contributed by atoms with E-state index < -0.39 is 5.97 Å². The summed E-state index contributed by atoms with van der Waals surface area (Å²) in [4.78, 5) is 22.1. The fourth-order valence-corrected chi connectivity index (χ4v) is 1.66. The van der Waals surface area contributed by atoms with Gasteiger partial charge in [0.05, 0.1) is 0 Å². The van der Waals surface area contributed by atoms with E-state index in [0.717, 1.165) is 30.0 Å². The summed E-state index contributed by atoms with van der Waals surface area (Å²) in [7, 11) is 0. The van der Waals surface area contributed by atoms with Crippen molar-refractivity contribution in [3.63, 3.8) is 0 Å². The van der Waals surface area contributed by atoms with Gasteiger partial charge < -0.3 is 15.7 Å². The number of aryl methyl sites for hydroxylation is 1. The maximum Gasteiger partial charge on any atom is 0.328 e. The van der Waals surface area contributed by atoms with Crippen molar-refractivity contribution in [2.45, 2.75) is 26.7 Å². The number of unbranched alkanes of at least 4 members (excludes halogenated alkanes) is 1. The number of nitrogens with one attached hydrogen (secondary N) is 2. The zero-order valence-corrected chi connectivity index (χ0v) is 11.8. The van der Waals surface area contributed by atoms with E-state index >= 15 is 0 Å². The van der Waals surface area contributed by atoms with Crippen molar-refractivity contribution in [1.82, 2.24) is 5.32 Å². The molecule has 1 aromatic carbocycles. The van der Waals surface area contributed by atoms with Gasteiger partial charge in [-0.15, -0.1) is 0 Å². The lowest BCUT2D eigenvalue weighted by Crippen LogP contribution is -2.29. The van der Waals surface area contributed by atoms with Gasteiger partial charge >= 0.3 is 12.0 Å². The number of carboxylic acid groups (broad SMARTS) is 1. The highest BCUT2D eigenvalue weighted by Crippen LogP contribution is 2.16. The van der Waals surface area contributed by atoms with Crippen LogP contribution in [0.4, 0.5) is 10.5 Å². The van der Waals surface area contributed by atoms with Gasteiger partial charge in [-0.3, -0.25) is 0 Å². The third-order valence-electron chi connectivity index (χ3n) is 2.75. The van der Waals surface area contributed by atoms with Crippen molar-refractivity contribution in [3.05, 3.63) is 35.4 Å². The summed E-state index contributed by atoms with van der Waals surface area (Å²) in [5.41, 5.74) is 2.39. The molecule has 0 atom stereocenters. The Bertz CT molecular complexity index is 510. The first-order chi connectivity index (χ1) is 9.52. The number of hydrogen-bond donors (Lipinski definition) is 3. The van der Waals surface area contributed by atoms with Crippen molar-refractivity contribution in [2.75, 3.05) is 11.9 Å². The molecule has 0 aliphatic carbocycles. The van der Waals surface area contributed by atoms with Crippen LogP contribution < -0.4 is 10.6 Å². The molecule has 0 aliphatic rings. The minimum absolute atomic E-state index is 0.230. The number of hydrogen-bond acceptors (Lipinski definition) is 2. The Morgan fingerprint density at radius 3 is 2.70 bits per heavy atom. The second kappa shape index (κ2) is 7.99. The molecule has 3 N–H and O–H groups in total. The highest BCUT2D eigenvalue weighted by atomic mass is 16.4. The molecule has 0 radical (unpaired) electrons. The minimum atomic E-state index is -0.984. The van der Waals surface area contributed by atoms with E-state index in [4.69, 9.17) is 5.11 Å². The number of carbonyl (C=O) groups excluding carboxylic acids is 1. The molecule has 108 valence electrons. The van der Waals surface area contributed by atoms with Gasteiger partial charge in [0.25, 0.3) is 0 Å². The first-order valence-electron chi connectivity index (χ1n) is 6.59. The predicted octanol–water partition coefficient (Wildman–Crippen LogP) is 3.01. The van der Waals surface area contributed by atoms with Crippen molar-refractivity contribution >= 4 is 23.8 Å². The van der Waals surface area contributed by atoms with E-state index in [1.165, 1.54) is 6.08 Å². The van der Waals surface area contributed by atoms with Crippen LogP contribution in [0.1, 0.15) is 30.9 Å². The first kappa shape index (κ1) is 15.8. The molecule has 0 unspecified atom stereocenters. The van der Waals surface area contributed by atoms with Gasteiger partial charge in [0, 0.05) is 18.3 Å². The molecule has 5 heteroatoms. The van der Waals surface area contributed by atoms with Crippen LogP contribution >= 0.6 is 0 Å². The number of carboxylic acids is 1. The van der Waals surface area contributed by atoms with Gasteiger partial charge in [0.2, 0.25) is 0 Å². The van der Waals surface area contributed by atoms with Crippen LogP contribution in [0.25, 0.3) is 6.08 Å². The minimum Gasteiger partial charge on any atom is -0.478 e. The zero-order valence-electron chi connectivity index (χ0n) is 11.8. The normalized spacial score (nSPS) is 10.5. The van der Waals surface area contributed by atoms with Crippen LogP contribution in [0.2, 0.25) is 0 Å². The lowest BCUT2D eigenvalue weighted by atomic mass is 10.1. The average Bonchev–Trinajstić information content (AvgIpc) is 2.38. The fourth-order valence-electron chi connectivity index (χ4n) is 1.66. The molecule has 0 aliphatic heterocycles. The van der Waals surface area contributed by atoms with Crippen molar-refractivity contribution < 1.29 is 14.7 Å².